The number of carbonyl (C=O) groups excluding carboxylic acids is 4. The van der Waals surface area contributed by atoms with Crippen molar-refractivity contribution >= 4 is 131 Å². The Bertz CT molecular complexity index is 1240. The fraction of sp³-hybridized carbons (Fsp3) is 0.871. The summed E-state index contributed by atoms with van der Waals surface area (Å²) < 4.78 is 19.4. The predicted molar refractivity (Wildman–Crippen MR) is 407 cm³/mol. The normalized spacial score (nSPS) is 12.3. The van der Waals surface area contributed by atoms with Crippen molar-refractivity contribution in [3.05, 3.63) is 23.3 Å². The van der Waals surface area contributed by atoms with Gasteiger partial charge in [-0.1, -0.05) is 138 Å². The van der Waals surface area contributed by atoms with Crippen molar-refractivity contribution in [1.82, 2.24) is 0 Å². The molecule has 0 bridgehead atoms. The molecule has 0 fully saturated rings. The van der Waals surface area contributed by atoms with Crippen LogP contribution >= 0.6 is 107 Å². The topological polar surface area (TPSA) is 186 Å². The van der Waals surface area contributed by atoms with Gasteiger partial charge < -0.3 is 52.9 Å². The third-order valence-corrected chi connectivity index (χ3v) is 13.9. The Morgan fingerprint density at radius 2 is 0.780 bits per heavy atom. The summed E-state index contributed by atoms with van der Waals surface area (Å²) in [7, 11) is 9.01. The van der Waals surface area contributed by atoms with Gasteiger partial charge in [-0.15, -0.1) is 0 Å². The lowest BCUT2D eigenvalue weighted by molar-refractivity contribution is -0.119. The van der Waals surface area contributed by atoms with Crippen molar-refractivity contribution in [2.45, 2.75) is 246 Å². The molecule has 0 heterocycles. The van der Waals surface area contributed by atoms with E-state index in [2.05, 4.69) is 195 Å². The zero-order chi connectivity index (χ0) is 66.2. The van der Waals surface area contributed by atoms with Gasteiger partial charge in [-0.05, 0) is 185 Å². The van der Waals surface area contributed by atoms with Gasteiger partial charge >= 0.3 is 0 Å². The molecular weight excluding hydrogens is 1470 g/mol. The lowest BCUT2D eigenvalue weighted by Crippen LogP contribution is -2.03. The van der Waals surface area contributed by atoms with E-state index in [-0.39, 0.29) is 24.7 Å². The van der Waals surface area contributed by atoms with Gasteiger partial charge in [0.2, 0.25) is 0 Å². The maximum atomic E-state index is 11.0. The number of aliphatic hydroxyl groups excluding tert-OH is 4. The van der Waals surface area contributed by atoms with E-state index < -0.39 is 0 Å². The third-order valence-electron chi connectivity index (χ3n) is 12.5. The zero-order valence-corrected chi connectivity index (χ0v) is 67.5. The van der Waals surface area contributed by atoms with Crippen LogP contribution in [-0.4, -0.2) is 109 Å². The van der Waals surface area contributed by atoms with Gasteiger partial charge in [0, 0.05) is 138 Å². The van der Waals surface area contributed by atoms with E-state index in [4.69, 9.17) is 43.3 Å². The van der Waals surface area contributed by atoms with E-state index in [9.17, 15) is 14.4 Å². The Balaban J connectivity index is -0.0000000509. The highest BCUT2D eigenvalue weighted by Crippen LogP contribution is 2.17. The summed E-state index contributed by atoms with van der Waals surface area (Å²) in [6, 6.07) is 0. The third kappa shape index (κ3) is 131. The fourth-order valence-electron chi connectivity index (χ4n) is 5.82. The summed E-state index contributed by atoms with van der Waals surface area (Å²) in [5.41, 5.74) is 2.99. The van der Waals surface area contributed by atoms with Gasteiger partial charge in [0.15, 0.2) is 0 Å². The zero-order valence-electron chi connectivity index (χ0n) is 55.4. The maximum absolute atomic E-state index is 11.0. The second-order valence-corrected chi connectivity index (χ2v) is 22.4. The number of alkyl halides is 2. The van der Waals surface area contributed by atoms with Gasteiger partial charge in [-0.25, -0.2) is 0 Å². The number of aliphatic hydroxyl groups is 4. The Kier molecular flexibility index (Phi) is 139. The van der Waals surface area contributed by atoms with Crippen LogP contribution in [0.1, 0.15) is 251 Å². The first-order valence-electron chi connectivity index (χ1n) is 30.0. The molecule has 0 aromatic rings. The molecule has 10 unspecified atom stereocenters. The second-order valence-electron chi connectivity index (χ2n) is 20.3. The molecule has 0 radical (unpaired) electrons. The predicted octanol–water partition coefficient (Wildman–Crippen LogP) is 20.4. The SMILES string of the molecule is CBr.CC(=O)CCC(C)CCOP.CC(CCBr)CCOP.CC(CCO)CCO.CC=C(C)CCC(C)CCO.CC=C(CC)CCC(C)CCO.CC=O.CCC(=O)CCC(C)CCOP.CCC(C)CCOP.CCC=O.II.[3HH].[3HH].[3HH].[3HH]. The fourth-order valence-corrected chi connectivity index (χ4v) is 7.15. The van der Waals surface area contributed by atoms with E-state index in [0.29, 0.717) is 67.8 Å². The molecule has 0 aromatic carbocycles. The molecule has 0 rings (SSSR count). The molecule has 0 saturated heterocycles. The van der Waals surface area contributed by atoms with Crippen molar-refractivity contribution in [3.63, 3.8) is 0 Å². The molecule has 0 aliphatic heterocycles. The van der Waals surface area contributed by atoms with E-state index >= 15 is 0 Å². The molecule has 4 N–H and O–H groups in total. The Morgan fingerprint density at radius 3 is 1.04 bits per heavy atom. The first kappa shape index (κ1) is 109. The number of Topliss-reactive ketones (excluding diaryl/α,β-unsaturated/α-hetero) is 2. The van der Waals surface area contributed by atoms with Crippen LogP contribution in [0.15, 0.2) is 23.3 Å². The summed E-state index contributed by atoms with van der Waals surface area (Å²) >= 11 is 10.6. The minimum Gasteiger partial charge on any atom is -0.396 e. The summed E-state index contributed by atoms with van der Waals surface area (Å²) in [4.78, 5) is 39.5. The van der Waals surface area contributed by atoms with Crippen molar-refractivity contribution in [2.24, 2.45) is 41.4 Å². The van der Waals surface area contributed by atoms with E-state index in [1.54, 1.807) is 12.5 Å². The van der Waals surface area contributed by atoms with Gasteiger partial charge in [0.25, 0.3) is 0 Å². The number of hydrogen-bond donors (Lipinski definition) is 4. The van der Waals surface area contributed by atoms with Gasteiger partial charge in [-0.3, -0.25) is 4.79 Å². The largest absolute Gasteiger partial charge is 0.396 e. The Hall–Kier alpha value is 1.98. The highest BCUT2D eigenvalue weighted by atomic mass is 128. The first-order valence-corrected chi connectivity index (χ1v) is 40.8. The summed E-state index contributed by atoms with van der Waals surface area (Å²) in [5, 5.41) is 35.2. The number of aldehydes is 2. The molecular formula is C62H142Br2I2O12P4. The highest BCUT2D eigenvalue weighted by molar-refractivity contribution is 15.0. The molecule has 12 nitrogen and oxygen atoms in total. The number of ketones is 2. The first-order chi connectivity index (χ1) is 39.1. The van der Waals surface area contributed by atoms with Crippen LogP contribution in [0.5, 0.6) is 0 Å². The summed E-state index contributed by atoms with van der Waals surface area (Å²) in [6.07, 6.45) is 27.1. The van der Waals surface area contributed by atoms with Crippen LogP contribution < -0.4 is 0 Å². The van der Waals surface area contributed by atoms with Crippen molar-refractivity contribution in [3.8, 4) is 0 Å². The number of allylic oxidation sites excluding steroid dienone is 4. The second kappa shape index (κ2) is 105. The van der Waals surface area contributed by atoms with Gasteiger partial charge in [0.1, 0.15) is 24.1 Å². The van der Waals surface area contributed by atoms with Crippen molar-refractivity contribution in [2.75, 3.05) is 64.0 Å². The van der Waals surface area contributed by atoms with Crippen LogP contribution in [-0.2, 0) is 37.3 Å². The number of rotatable bonds is 38. The summed E-state index contributed by atoms with van der Waals surface area (Å²) in [6.45, 7) is 37.2. The average molecular weight is 1630 g/mol. The number of halogens is 4. The lowest BCUT2D eigenvalue weighted by Gasteiger charge is -2.10. The van der Waals surface area contributed by atoms with Gasteiger partial charge in [-0.2, -0.15) is 0 Å². The van der Waals surface area contributed by atoms with E-state index in [1.807, 2.05) is 26.6 Å². The standard InChI is InChI=1S/C11H22O.C10H20O.C9H19O2P.C8H17O2P.C6H14BrOP.C6H14O2.C6H15OP.C3H6O.C2H4O.CH3Br.I2.4H2/c1-4-11(5-2)7-6-10(3)8-9-12;1-4-9(2)5-6-10(3)7-8-11;1-3-9(10)5-4-8(2)6-7-11-12;1-7(5-6-10-11)3-4-8(2)9;1-6(2-4-7)3-5-8-9;1-6(2-4-7)3-5-8;1-3-6(2)4-5-7-8;1-2-3-4;1-2-3;2*1-2;;;;/h4,10,12H,5-9H2,1-3H3;4,10-11H,5-8H2,1-3H3;8H,3-7,12H2,1-2H3;7H,3-6,11H2,1-2H3;6H,2-5,9H2,1H3;6-8H,2-5H2,1H3;6H,3-5,8H2,1-2H3;3H,2H2,1H3;2H,1H3;1H3;;4*1H/i;;;;;;;;;;;4*1+2. The van der Waals surface area contributed by atoms with E-state index in [1.165, 1.54) is 63.9 Å². The molecule has 0 aromatic heterocycles. The van der Waals surface area contributed by atoms with Gasteiger partial charge in [0.05, 0.1) is 26.4 Å². The molecule has 10 atom stereocenters. The Labute approximate surface area is 564 Å². The molecule has 0 saturated carbocycles. The van der Waals surface area contributed by atoms with Crippen LogP contribution in [0.4, 0.5) is 0 Å². The monoisotopic (exact) mass is 1620 g/mol. The van der Waals surface area contributed by atoms with Crippen LogP contribution in [0.3, 0.4) is 0 Å². The lowest BCUT2D eigenvalue weighted by atomic mass is 9.97. The molecule has 0 spiro atoms. The van der Waals surface area contributed by atoms with Crippen LogP contribution in [0, 0.1) is 41.4 Å². The van der Waals surface area contributed by atoms with E-state index in [0.717, 1.165) is 120 Å². The quantitative estimate of drug-likeness (QED) is 0.0151. The maximum Gasteiger partial charge on any atom is 0.132 e. The minimum absolute atomic E-state index is 0. The number of hydrogen-bond acceptors (Lipinski definition) is 12. The average Bonchev–Trinajstić information content (AvgIpc) is 3.47. The molecule has 0 aliphatic rings. The smallest absolute Gasteiger partial charge is 0.132 e. The Morgan fingerprint density at radius 1 is 0.488 bits per heavy atom. The van der Waals surface area contributed by atoms with Crippen LogP contribution in [0.2, 0.25) is 0 Å². The molecule has 0 amide bonds. The highest BCUT2D eigenvalue weighted by Gasteiger charge is 2.06. The molecule has 82 heavy (non-hydrogen) atoms. The molecule has 510 valence electrons. The molecule has 20 heteroatoms. The van der Waals surface area contributed by atoms with Crippen molar-refractivity contribution < 1.29 is 63.4 Å². The van der Waals surface area contributed by atoms with Crippen molar-refractivity contribution in [1.29, 1.82) is 0 Å². The minimum atomic E-state index is 0. The summed E-state index contributed by atoms with van der Waals surface area (Å²) in [5.74, 6) is 7.04. The van der Waals surface area contributed by atoms with Crippen LogP contribution in [0.25, 0.3) is 0 Å². The number of carbonyl (C=O) groups is 4. The molecule has 0 aliphatic carbocycles.